The third-order valence-corrected chi connectivity index (χ3v) is 5.27. The Labute approximate surface area is 148 Å². The zero-order valence-corrected chi connectivity index (χ0v) is 14.6. The molecule has 2 aliphatic heterocycles. The number of nitrogens with zero attached hydrogens (tertiary/aromatic N) is 3. The van der Waals surface area contributed by atoms with Crippen LogP contribution in [0.2, 0.25) is 0 Å². The number of carbonyl (C=O) groups excluding carboxylic acids is 1. The van der Waals surface area contributed by atoms with Gasteiger partial charge in [0.15, 0.2) is 0 Å². The number of hydrogen-bond acceptors (Lipinski definition) is 6. The van der Waals surface area contributed by atoms with Crippen LogP contribution in [0.3, 0.4) is 0 Å². The van der Waals surface area contributed by atoms with Gasteiger partial charge in [0.25, 0.3) is 5.91 Å². The molecule has 1 amide bonds. The molecule has 3 heterocycles. The zero-order valence-electron chi connectivity index (χ0n) is 14.6. The fourth-order valence-electron chi connectivity index (χ4n) is 3.70. The van der Waals surface area contributed by atoms with Crippen molar-refractivity contribution in [1.29, 1.82) is 0 Å². The van der Waals surface area contributed by atoms with E-state index in [1.807, 2.05) is 0 Å². The molecule has 7 nitrogen and oxygen atoms in total. The number of aliphatic hydroxyl groups excluding tert-OH is 1. The van der Waals surface area contributed by atoms with E-state index in [1.165, 1.54) is 19.3 Å². The number of carbonyl (C=O) groups is 1. The topological polar surface area (TPSA) is 90.4 Å². The molecule has 1 aromatic rings. The molecular weight excluding hydrogens is 318 g/mol. The maximum Gasteiger partial charge on any atom is 0.270 e. The van der Waals surface area contributed by atoms with Crippen molar-refractivity contribution in [2.45, 2.75) is 50.5 Å². The molecule has 0 bridgehead atoms. The van der Waals surface area contributed by atoms with Crippen molar-refractivity contribution in [3.05, 3.63) is 17.1 Å². The van der Waals surface area contributed by atoms with Crippen LogP contribution in [0.15, 0.2) is 0 Å². The Morgan fingerprint density at radius 3 is 2.80 bits per heavy atom. The molecule has 1 saturated carbocycles. The highest BCUT2D eigenvalue weighted by Crippen LogP contribution is 2.39. The maximum absolute atomic E-state index is 12.1. The van der Waals surface area contributed by atoms with Crippen LogP contribution < -0.4 is 10.6 Å². The monoisotopic (exact) mass is 345 g/mol. The first-order chi connectivity index (χ1) is 12.2. The molecule has 25 heavy (non-hydrogen) atoms. The highest BCUT2D eigenvalue weighted by Gasteiger charge is 2.31. The van der Waals surface area contributed by atoms with Crippen LogP contribution in [0.25, 0.3) is 0 Å². The highest BCUT2D eigenvalue weighted by molar-refractivity contribution is 5.96. The van der Waals surface area contributed by atoms with Gasteiger partial charge in [0, 0.05) is 31.1 Å². The van der Waals surface area contributed by atoms with Gasteiger partial charge in [-0.15, -0.1) is 0 Å². The SMILES string of the molecule is O=C1NCCc2c(NCC(O)CN3CCCCC3)nc(C3CC3)nc21. The number of anilines is 1. The Morgan fingerprint density at radius 1 is 1.24 bits per heavy atom. The summed E-state index contributed by atoms with van der Waals surface area (Å²) >= 11 is 0. The average Bonchev–Trinajstić information content (AvgIpc) is 3.46. The summed E-state index contributed by atoms with van der Waals surface area (Å²) in [5, 5.41) is 16.5. The molecule has 136 valence electrons. The lowest BCUT2D eigenvalue weighted by Gasteiger charge is -2.28. The van der Waals surface area contributed by atoms with E-state index in [0.717, 1.165) is 49.6 Å². The van der Waals surface area contributed by atoms with Crippen molar-refractivity contribution in [2.75, 3.05) is 38.0 Å². The summed E-state index contributed by atoms with van der Waals surface area (Å²) in [6.07, 6.45) is 6.22. The lowest BCUT2D eigenvalue weighted by Crippen LogP contribution is -2.39. The normalized spacial score (nSPS) is 22.2. The number of aliphatic hydroxyl groups is 1. The molecule has 0 spiro atoms. The lowest BCUT2D eigenvalue weighted by molar-refractivity contribution is 0.0940. The van der Waals surface area contributed by atoms with Crippen LogP contribution in [0, 0.1) is 0 Å². The number of piperidine rings is 1. The minimum atomic E-state index is -0.439. The zero-order chi connectivity index (χ0) is 17.2. The Morgan fingerprint density at radius 2 is 2.04 bits per heavy atom. The van der Waals surface area contributed by atoms with Gasteiger partial charge in [0.1, 0.15) is 17.3 Å². The van der Waals surface area contributed by atoms with Gasteiger partial charge in [0.05, 0.1) is 6.10 Å². The van der Waals surface area contributed by atoms with E-state index in [-0.39, 0.29) is 5.91 Å². The molecule has 1 unspecified atom stereocenters. The number of nitrogens with one attached hydrogen (secondary N) is 2. The molecule has 3 N–H and O–H groups in total. The predicted molar refractivity (Wildman–Crippen MR) is 94.8 cm³/mol. The summed E-state index contributed by atoms with van der Waals surface area (Å²) in [7, 11) is 0. The van der Waals surface area contributed by atoms with Crippen molar-refractivity contribution in [2.24, 2.45) is 0 Å². The van der Waals surface area contributed by atoms with Crippen LogP contribution in [0.1, 0.15) is 59.9 Å². The number of likely N-dealkylation sites (tertiary alicyclic amines) is 1. The van der Waals surface area contributed by atoms with Gasteiger partial charge in [-0.2, -0.15) is 0 Å². The number of amides is 1. The third kappa shape index (κ3) is 3.93. The van der Waals surface area contributed by atoms with Gasteiger partial charge < -0.3 is 20.6 Å². The molecule has 7 heteroatoms. The molecule has 1 aromatic heterocycles. The van der Waals surface area contributed by atoms with Gasteiger partial charge >= 0.3 is 0 Å². The Kier molecular flexibility index (Phi) is 4.85. The van der Waals surface area contributed by atoms with Crippen molar-refractivity contribution >= 4 is 11.7 Å². The molecular formula is C18H27N5O2. The first kappa shape index (κ1) is 16.7. The first-order valence-electron chi connectivity index (χ1n) is 9.54. The second kappa shape index (κ2) is 7.25. The Bertz CT molecular complexity index is 641. The minimum Gasteiger partial charge on any atom is -0.390 e. The predicted octanol–water partition coefficient (Wildman–Crippen LogP) is 0.899. The van der Waals surface area contributed by atoms with Gasteiger partial charge in [-0.05, 0) is 45.2 Å². The van der Waals surface area contributed by atoms with Crippen molar-refractivity contribution in [3.63, 3.8) is 0 Å². The minimum absolute atomic E-state index is 0.109. The Balaban J connectivity index is 1.44. The third-order valence-electron chi connectivity index (χ3n) is 5.27. The molecule has 3 aliphatic rings. The molecule has 4 rings (SSSR count). The summed E-state index contributed by atoms with van der Waals surface area (Å²) < 4.78 is 0. The van der Waals surface area contributed by atoms with E-state index in [2.05, 4.69) is 25.5 Å². The molecule has 0 radical (unpaired) electrons. The summed E-state index contributed by atoms with van der Waals surface area (Å²) in [5.74, 6) is 1.78. The first-order valence-corrected chi connectivity index (χ1v) is 9.54. The highest BCUT2D eigenvalue weighted by atomic mass is 16.3. The molecule has 1 aliphatic carbocycles. The van der Waals surface area contributed by atoms with E-state index in [1.54, 1.807) is 0 Å². The number of rotatable bonds is 6. The summed E-state index contributed by atoms with van der Waals surface area (Å²) in [5.41, 5.74) is 1.40. The lowest BCUT2D eigenvalue weighted by atomic mass is 10.1. The fourth-order valence-corrected chi connectivity index (χ4v) is 3.70. The number of aromatic nitrogens is 2. The number of hydrogen-bond donors (Lipinski definition) is 3. The van der Waals surface area contributed by atoms with Crippen LogP contribution in [0.4, 0.5) is 5.82 Å². The second-order valence-electron chi connectivity index (χ2n) is 7.43. The van der Waals surface area contributed by atoms with Gasteiger partial charge in [-0.25, -0.2) is 9.97 Å². The van der Waals surface area contributed by atoms with E-state index in [4.69, 9.17) is 0 Å². The van der Waals surface area contributed by atoms with E-state index in [0.29, 0.717) is 31.2 Å². The summed E-state index contributed by atoms with van der Waals surface area (Å²) in [4.78, 5) is 23.7. The van der Waals surface area contributed by atoms with Crippen LogP contribution in [0.5, 0.6) is 0 Å². The number of fused-ring (bicyclic) bond motifs is 1. The van der Waals surface area contributed by atoms with Crippen molar-refractivity contribution in [3.8, 4) is 0 Å². The molecule has 0 aromatic carbocycles. The van der Waals surface area contributed by atoms with E-state index in [9.17, 15) is 9.90 Å². The van der Waals surface area contributed by atoms with Crippen molar-refractivity contribution in [1.82, 2.24) is 20.2 Å². The average molecular weight is 345 g/mol. The largest absolute Gasteiger partial charge is 0.390 e. The fraction of sp³-hybridized carbons (Fsp3) is 0.722. The Hall–Kier alpha value is -1.73. The molecule has 1 atom stereocenters. The number of β-amino-alcohol motifs (C(OH)–C–C–N with tert-alkyl or cyclic N) is 1. The van der Waals surface area contributed by atoms with Gasteiger partial charge in [-0.1, -0.05) is 6.42 Å². The van der Waals surface area contributed by atoms with Crippen LogP contribution >= 0.6 is 0 Å². The second-order valence-corrected chi connectivity index (χ2v) is 7.43. The van der Waals surface area contributed by atoms with Gasteiger partial charge in [-0.3, -0.25) is 4.79 Å². The van der Waals surface area contributed by atoms with Crippen LogP contribution in [-0.4, -0.2) is 64.7 Å². The van der Waals surface area contributed by atoms with E-state index >= 15 is 0 Å². The van der Waals surface area contributed by atoms with E-state index < -0.39 is 6.10 Å². The smallest absolute Gasteiger partial charge is 0.270 e. The summed E-state index contributed by atoms with van der Waals surface area (Å²) in [6.45, 7) is 3.91. The van der Waals surface area contributed by atoms with Crippen molar-refractivity contribution < 1.29 is 9.90 Å². The standard InChI is InChI=1S/C18H27N5O2/c24-13(11-23-8-2-1-3-9-23)10-20-17-14-6-7-19-18(25)15(14)21-16(22-17)12-4-5-12/h12-13,24H,1-11H2,(H,19,25)(H,20,21,22). The van der Waals surface area contributed by atoms with Crippen LogP contribution in [-0.2, 0) is 6.42 Å². The van der Waals surface area contributed by atoms with Gasteiger partial charge in [0.2, 0.25) is 0 Å². The quantitative estimate of drug-likeness (QED) is 0.710. The maximum atomic E-state index is 12.1. The summed E-state index contributed by atoms with van der Waals surface area (Å²) in [6, 6.07) is 0. The molecule has 2 fully saturated rings. The molecule has 1 saturated heterocycles.